The normalized spacial score (nSPS) is 15.8. The van der Waals surface area contributed by atoms with E-state index in [1.54, 1.807) is 23.1 Å². The summed E-state index contributed by atoms with van der Waals surface area (Å²) in [4.78, 5) is 16.8. The molecule has 3 rings (SSSR count). The van der Waals surface area contributed by atoms with Crippen LogP contribution in [0.3, 0.4) is 0 Å². The van der Waals surface area contributed by atoms with E-state index in [1.165, 1.54) is 6.07 Å². The van der Waals surface area contributed by atoms with Crippen LogP contribution in [0, 0.1) is 5.82 Å². The zero-order valence-electron chi connectivity index (χ0n) is 13.8. The van der Waals surface area contributed by atoms with Gasteiger partial charge in [-0.3, -0.25) is 9.69 Å². The van der Waals surface area contributed by atoms with Gasteiger partial charge in [-0.2, -0.15) is 5.21 Å². The number of amides is 1. The molecule has 7 nitrogen and oxygen atoms in total. The number of H-pyrrole nitrogens is 1. The Bertz CT molecular complexity index is 708. The first-order chi connectivity index (χ1) is 11.6. The van der Waals surface area contributed by atoms with Gasteiger partial charge in [-0.15, -0.1) is 10.2 Å². The van der Waals surface area contributed by atoms with E-state index in [0.29, 0.717) is 19.1 Å². The minimum absolute atomic E-state index is 0.177. The molecule has 0 aliphatic carbocycles. The van der Waals surface area contributed by atoms with Crippen LogP contribution in [0.5, 0.6) is 0 Å². The van der Waals surface area contributed by atoms with Crippen LogP contribution in [0.2, 0.25) is 0 Å². The Balaban J connectivity index is 1.71. The molecule has 1 aliphatic heterocycles. The lowest BCUT2D eigenvalue weighted by molar-refractivity contribution is 0.0591. The number of para-hydroxylation sites is 1. The van der Waals surface area contributed by atoms with E-state index in [2.05, 4.69) is 39.5 Å². The van der Waals surface area contributed by atoms with Crippen LogP contribution in [0.25, 0.3) is 0 Å². The molecule has 0 unspecified atom stereocenters. The molecule has 0 spiro atoms. The first-order valence-corrected chi connectivity index (χ1v) is 8.02. The number of anilines is 2. The summed E-state index contributed by atoms with van der Waals surface area (Å²) in [5.41, 5.74) is 0.432. The summed E-state index contributed by atoms with van der Waals surface area (Å²) in [6.07, 6.45) is 0. The third-order valence-corrected chi connectivity index (χ3v) is 4.21. The molecule has 0 radical (unpaired) electrons. The number of nitrogens with zero attached hydrogens (tertiary/aromatic N) is 4. The lowest BCUT2D eigenvalue weighted by Gasteiger charge is -2.36. The van der Waals surface area contributed by atoms with Crippen LogP contribution >= 0.6 is 0 Å². The fourth-order valence-corrected chi connectivity index (χ4v) is 2.75. The van der Waals surface area contributed by atoms with E-state index >= 15 is 0 Å². The van der Waals surface area contributed by atoms with Gasteiger partial charge in [0.1, 0.15) is 5.82 Å². The Morgan fingerprint density at radius 2 is 1.92 bits per heavy atom. The molecule has 1 saturated heterocycles. The fraction of sp³-hybridized carbons (Fsp3) is 0.438. The summed E-state index contributed by atoms with van der Waals surface area (Å²) in [5.74, 6) is -0.383. The van der Waals surface area contributed by atoms with Crippen molar-refractivity contribution in [3.05, 3.63) is 35.8 Å². The smallest absolute Gasteiger partial charge is 0.278 e. The number of carbonyl (C=O) groups is 1. The second-order valence-corrected chi connectivity index (χ2v) is 6.05. The van der Waals surface area contributed by atoms with Gasteiger partial charge in [0.05, 0.1) is 5.69 Å². The molecule has 8 heteroatoms. The van der Waals surface area contributed by atoms with Gasteiger partial charge < -0.3 is 10.2 Å². The number of piperazine rings is 1. The molecule has 2 aromatic rings. The van der Waals surface area contributed by atoms with Gasteiger partial charge in [-0.25, -0.2) is 4.39 Å². The molecule has 128 valence electrons. The van der Waals surface area contributed by atoms with Crippen molar-refractivity contribution in [2.45, 2.75) is 19.9 Å². The number of hydrogen-bond donors (Lipinski definition) is 2. The van der Waals surface area contributed by atoms with Crippen molar-refractivity contribution in [3.63, 3.8) is 0 Å². The zero-order chi connectivity index (χ0) is 17.1. The molecule has 1 amide bonds. The minimum atomic E-state index is -0.413. The third kappa shape index (κ3) is 3.38. The molecular weight excluding hydrogens is 311 g/mol. The van der Waals surface area contributed by atoms with E-state index in [-0.39, 0.29) is 23.1 Å². The second kappa shape index (κ2) is 6.96. The number of halogens is 1. The van der Waals surface area contributed by atoms with Gasteiger partial charge in [-0.1, -0.05) is 12.1 Å². The highest BCUT2D eigenvalue weighted by Crippen LogP contribution is 2.21. The second-order valence-electron chi connectivity index (χ2n) is 6.05. The SMILES string of the molecule is CC(C)N1CCN(C(=O)c2n[nH]nc2Nc2ccccc2F)CC1. The Hall–Kier alpha value is -2.48. The number of hydrogen-bond acceptors (Lipinski definition) is 5. The average Bonchev–Trinajstić information content (AvgIpc) is 3.04. The Kier molecular flexibility index (Phi) is 4.75. The van der Waals surface area contributed by atoms with Crippen LogP contribution < -0.4 is 5.32 Å². The molecule has 1 aliphatic rings. The molecule has 0 bridgehead atoms. The largest absolute Gasteiger partial charge is 0.335 e. The number of rotatable bonds is 4. The Morgan fingerprint density at radius 3 is 2.58 bits per heavy atom. The number of nitrogens with one attached hydrogen (secondary N) is 2. The highest BCUT2D eigenvalue weighted by atomic mass is 19.1. The minimum Gasteiger partial charge on any atom is -0.335 e. The maximum Gasteiger partial charge on any atom is 0.278 e. The maximum absolute atomic E-state index is 13.8. The van der Waals surface area contributed by atoms with Crippen LogP contribution in [-0.4, -0.2) is 63.3 Å². The van der Waals surface area contributed by atoms with Crippen molar-refractivity contribution in [1.29, 1.82) is 0 Å². The van der Waals surface area contributed by atoms with Gasteiger partial charge in [0.25, 0.3) is 5.91 Å². The monoisotopic (exact) mass is 332 g/mol. The molecular formula is C16H21FN6O. The van der Waals surface area contributed by atoms with Gasteiger partial charge >= 0.3 is 0 Å². The summed E-state index contributed by atoms with van der Waals surface area (Å²) < 4.78 is 13.8. The third-order valence-electron chi connectivity index (χ3n) is 4.21. The highest BCUT2D eigenvalue weighted by Gasteiger charge is 2.27. The molecule has 24 heavy (non-hydrogen) atoms. The summed E-state index contributed by atoms with van der Waals surface area (Å²) >= 11 is 0. The number of aromatic amines is 1. The average molecular weight is 332 g/mol. The van der Waals surface area contributed by atoms with Crippen LogP contribution in [0.1, 0.15) is 24.3 Å². The standard InChI is InChI=1S/C16H21FN6O/c1-11(2)22-7-9-23(10-8-22)16(24)14-15(20-21-19-14)18-13-6-4-3-5-12(13)17/h3-6,11H,7-10H2,1-2H3,(H2,18,19,20,21). The lowest BCUT2D eigenvalue weighted by atomic mass is 10.2. The number of carbonyl (C=O) groups excluding carboxylic acids is 1. The zero-order valence-corrected chi connectivity index (χ0v) is 13.8. The van der Waals surface area contributed by atoms with Crippen LogP contribution in [0.15, 0.2) is 24.3 Å². The molecule has 1 fully saturated rings. The van der Waals surface area contributed by atoms with Crippen molar-refractivity contribution >= 4 is 17.4 Å². The first-order valence-electron chi connectivity index (χ1n) is 8.02. The van der Waals surface area contributed by atoms with Crippen molar-refractivity contribution in [2.75, 3.05) is 31.5 Å². The lowest BCUT2D eigenvalue weighted by Crippen LogP contribution is -2.50. The van der Waals surface area contributed by atoms with E-state index < -0.39 is 5.82 Å². The Morgan fingerprint density at radius 1 is 1.21 bits per heavy atom. The summed E-state index contributed by atoms with van der Waals surface area (Å²) in [5, 5.41) is 13.2. The van der Waals surface area contributed by atoms with E-state index in [1.807, 2.05) is 0 Å². The Labute approximate surface area is 139 Å². The van der Waals surface area contributed by atoms with Gasteiger partial charge in [0, 0.05) is 32.2 Å². The number of aromatic nitrogens is 3. The first kappa shape index (κ1) is 16.4. The van der Waals surface area contributed by atoms with Crippen molar-refractivity contribution in [3.8, 4) is 0 Å². The predicted molar refractivity (Wildman–Crippen MR) is 88.7 cm³/mol. The maximum atomic E-state index is 13.8. The molecule has 2 N–H and O–H groups in total. The van der Waals surface area contributed by atoms with Crippen molar-refractivity contribution in [2.24, 2.45) is 0 Å². The van der Waals surface area contributed by atoms with Crippen LogP contribution in [0.4, 0.5) is 15.9 Å². The molecule has 1 aromatic carbocycles. The van der Waals surface area contributed by atoms with Gasteiger partial charge in [0.15, 0.2) is 11.5 Å². The van der Waals surface area contributed by atoms with Gasteiger partial charge in [0.2, 0.25) is 0 Å². The molecule has 1 aromatic heterocycles. The van der Waals surface area contributed by atoms with Crippen molar-refractivity contribution in [1.82, 2.24) is 25.2 Å². The molecule has 0 atom stereocenters. The fourth-order valence-electron chi connectivity index (χ4n) is 2.75. The topological polar surface area (TPSA) is 77.2 Å². The van der Waals surface area contributed by atoms with E-state index in [9.17, 15) is 9.18 Å². The summed E-state index contributed by atoms with van der Waals surface area (Å²) in [6, 6.07) is 6.70. The predicted octanol–water partition coefficient (Wildman–Crippen LogP) is 1.85. The van der Waals surface area contributed by atoms with Gasteiger partial charge in [-0.05, 0) is 26.0 Å². The summed E-state index contributed by atoms with van der Waals surface area (Å²) in [6.45, 7) is 7.23. The quantitative estimate of drug-likeness (QED) is 0.893. The van der Waals surface area contributed by atoms with E-state index in [0.717, 1.165) is 13.1 Å². The highest BCUT2D eigenvalue weighted by molar-refractivity contribution is 5.97. The number of benzene rings is 1. The summed E-state index contributed by atoms with van der Waals surface area (Å²) in [7, 11) is 0. The van der Waals surface area contributed by atoms with Crippen molar-refractivity contribution < 1.29 is 9.18 Å². The molecule has 2 heterocycles. The molecule has 0 saturated carbocycles. The van der Waals surface area contributed by atoms with Crippen LogP contribution in [-0.2, 0) is 0 Å². The van der Waals surface area contributed by atoms with E-state index in [4.69, 9.17) is 0 Å².